The highest BCUT2D eigenvalue weighted by molar-refractivity contribution is 7.80. The molecule has 1 aliphatic rings. The van der Waals surface area contributed by atoms with Crippen LogP contribution >= 0.6 is 12.6 Å². The minimum atomic E-state index is 0.298. The van der Waals surface area contributed by atoms with Crippen LogP contribution in [-0.2, 0) is 6.42 Å². The molecule has 0 atom stereocenters. The molecule has 1 aromatic carbocycles. The van der Waals surface area contributed by atoms with E-state index in [9.17, 15) is 0 Å². The van der Waals surface area contributed by atoms with Crippen LogP contribution in [0.4, 0.5) is 0 Å². The highest BCUT2D eigenvalue weighted by Crippen LogP contribution is 2.37. The van der Waals surface area contributed by atoms with Crippen molar-refractivity contribution in [1.29, 1.82) is 0 Å². The zero-order chi connectivity index (χ0) is 12.5. The van der Waals surface area contributed by atoms with Crippen LogP contribution in [0.25, 0.3) is 11.3 Å². The third-order valence-corrected chi connectivity index (χ3v) is 3.21. The molecular weight excluding hydrogens is 248 g/mol. The lowest BCUT2D eigenvalue weighted by Gasteiger charge is -2.05. The number of thiol groups is 1. The molecular formula is C13H14N2O2S. The molecule has 4 nitrogen and oxygen atoms in total. The fourth-order valence-corrected chi connectivity index (χ4v) is 2.28. The molecule has 1 aliphatic heterocycles. The summed E-state index contributed by atoms with van der Waals surface area (Å²) in [6, 6.07) is 3.99. The Balaban J connectivity index is 2.00. The molecule has 0 spiro atoms. The maximum absolute atomic E-state index is 5.40. The van der Waals surface area contributed by atoms with Gasteiger partial charge < -0.3 is 14.5 Å². The zero-order valence-electron chi connectivity index (χ0n) is 10.1. The topological polar surface area (TPSA) is 47.1 Å². The highest BCUT2D eigenvalue weighted by Gasteiger charge is 2.17. The van der Waals surface area contributed by atoms with E-state index in [0.717, 1.165) is 46.3 Å². The Hall–Kier alpha value is -1.62. The van der Waals surface area contributed by atoms with Gasteiger partial charge in [0.05, 0.1) is 11.9 Å². The summed E-state index contributed by atoms with van der Waals surface area (Å²) in [7, 11) is 0. The molecule has 5 heteroatoms. The first-order chi connectivity index (χ1) is 8.78. The minimum absolute atomic E-state index is 0.298. The first kappa shape index (κ1) is 11.5. The molecule has 0 fully saturated rings. The molecule has 0 radical (unpaired) electrons. The third-order valence-electron chi connectivity index (χ3n) is 2.99. The molecule has 18 heavy (non-hydrogen) atoms. The minimum Gasteiger partial charge on any atom is -0.454 e. The van der Waals surface area contributed by atoms with Gasteiger partial charge in [0.1, 0.15) is 5.82 Å². The van der Waals surface area contributed by atoms with Crippen molar-refractivity contribution in [2.75, 3.05) is 12.5 Å². The second kappa shape index (κ2) is 4.57. The number of hydrogen-bond acceptors (Lipinski definition) is 4. The van der Waals surface area contributed by atoms with Crippen LogP contribution in [0.1, 0.15) is 11.4 Å². The first-order valence-corrected chi connectivity index (χ1v) is 6.46. The summed E-state index contributed by atoms with van der Waals surface area (Å²) in [6.45, 7) is 2.35. The van der Waals surface area contributed by atoms with Crippen molar-refractivity contribution < 1.29 is 9.47 Å². The van der Waals surface area contributed by atoms with Crippen molar-refractivity contribution >= 4 is 12.6 Å². The molecule has 0 bridgehead atoms. The number of aromatic amines is 1. The van der Waals surface area contributed by atoms with Gasteiger partial charge in [0.25, 0.3) is 0 Å². The van der Waals surface area contributed by atoms with Crippen LogP contribution in [0.3, 0.4) is 0 Å². The van der Waals surface area contributed by atoms with Crippen molar-refractivity contribution in [1.82, 2.24) is 9.97 Å². The average Bonchev–Trinajstić information content (AvgIpc) is 2.96. The van der Waals surface area contributed by atoms with Gasteiger partial charge in [0, 0.05) is 12.0 Å². The molecule has 3 rings (SSSR count). The van der Waals surface area contributed by atoms with Gasteiger partial charge in [-0.1, -0.05) is 0 Å². The number of nitrogens with zero attached hydrogens (tertiary/aromatic N) is 1. The fraction of sp³-hybridized carbons (Fsp3) is 0.308. The maximum Gasteiger partial charge on any atom is 0.231 e. The van der Waals surface area contributed by atoms with Crippen molar-refractivity contribution in [2.24, 2.45) is 0 Å². The molecule has 0 aliphatic carbocycles. The van der Waals surface area contributed by atoms with Crippen molar-refractivity contribution in [3.05, 3.63) is 29.7 Å². The SMILES string of the molecule is Cc1cc2c(cc1-c1cnc(CCS)[nH]1)OCO2. The zero-order valence-corrected chi connectivity index (χ0v) is 11.0. The number of aryl methyl sites for hydroxylation is 2. The first-order valence-electron chi connectivity index (χ1n) is 5.83. The fourth-order valence-electron chi connectivity index (χ4n) is 2.07. The number of aromatic nitrogens is 2. The molecule has 2 heterocycles. The van der Waals surface area contributed by atoms with Crippen LogP contribution in [-0.4, -0.2) is 22.5 Å². The maximum atomic E-state index is 5.40. The Morgan fingerprint density at radius 2 is 2.11 bits per heavy atom. The van der Waals surface area contributed by atoms with Crippen LogP contribution in [0, 0.1) is 6.92 Å². The molecule has 0 saturated carbocycles. The van der Waals surface area contributed by atoms with E-state index in [1.54, 1.807) is 0 Å². The number of rotatable bonds is 3. The van der Waals surface area contributed by atoms with Crippen molar-refractivity contribution in [2.45, 2.75) is 13.3 Å². The molecule has 0 amide bonds. The standard InChI is InChI=1S/C13H14N2O2S/c1-8-4-11-12(17-7-16-11)5-9(8)10-6-14-13(15-10)2-3-18/h4-6,18H,2-3,7H2,1H3,(H,14,15). The van der Waals surface area contributed by atoms with E-state index in [2.05, 4.69) is 29.5 Å². The van der Waals surface area contributed by atoms with Gasteiger partial charge in [-0.2, -0.15) is 12.6 Å². The molecule has 0 saturated heterocycles. The van der Waals surface area contributed by atoms with E-state index in [0.29, 0.717) is 6.79 Å². The van der Waals surface area contributed by atoms with Gasteiger partial charge in [0.15, 0.2) is 11.5 Å². The second-order valence-electron chi connectivity index (χ2n) is 4.24. The summed E-state index contributed by atoms with van der Waals surface area (Å²) in [5, 5.41) is 0. The summed E-state index contributed by atoms with van der Waals surface area (Å²) >= 11 is 4.21. The highest BCUT2D eigenvalue weighted by atomic mass is 32.1. The van der Waals surface area contributed by atoms with E-state index in [4.69, 9.17) is 9.47 Å². The van der Waals surface area contributed by atoms with Crippen LogP contribution < -0.4 is 9.47 Å². The Morgan fingerprint density at radius 3 is 2.89 bits per heavy atom. The lowest BCUT2D eigenvalue weighted by molar-refractivity contribution is 0.174. The van der Waals surface area contributed by atoms with Crippen molar-refractivity contribution in [3.8, 4) is 22.8 Å². The van der Waals surface area contributed by atoms with E-state index in [1.807, 2.05) is 18.3 Å². The smallest absolute Gasteiger partial charge is 0.231 e. The number of fused-ring (bicyclic) bond motifs is 1. The lowest BCUT2D eigenvalue weighted by Crippen LogP contribution is -1.92. The van der Waals surface area contributed by atoms with E-state index in [1.165, 1.54) is 0 Å². The van der Waals surface area contributed by atoms with Crippen LogP contribution in [0.5, 0.6) is 11.5 Å². The van der Waals surface area contributed by atoms with Gasteiger partial charge in [-0.3, -0.25) is 0 Å². The van der Waals surface area contributed by atoms with E-state index >= 15 is 0 Å². The summed E-state index contributed by atoms with van der Waals surface area (Å²) < 4.78 is 10.8. The van der Waals surface area contributed by atoms with Crippen LogP contribution in [0.15, 0.2) is 18.3 Å². The molecule has 1 aromatic heterocycles. The number of H-pyrrole nitrogens is 1. The Kier molecular flexibility index (Phi) is 2.91. The van der Waals surface area contributed by atoms with Crippen LogP contribution in [0.2, 0.25) is 0 Å². The summed E-state index contributed by atoms with van der Waals surface area (Å²) in [5.74, 6) is 3.34. The number of imidazole rings is 1. The summed E-state index contributed by atoms with van der Waals surface area (Å²) in [6.07, 6.45) is 2.69. The number of ether oxygens (including phenoxy) is 2. The lowest BCUT2D eigenvalue weighted by atomic mass is 10.1. The van der Waals surface area contributed by atoms with Gasteiger partial charge in [0.2, 0.25) is 6.79 Å². The Labute approximate surface area is 111 Å². The Morgan fingerprint density at radius 1 is 1.33 bits per heavy atom. The predicted octanol–water partition coefficient (Wildman–Crippen LogP) is 2.59. The largest absolute Gasteiger partial charge is 0.454 e. The van der Waals surface area contributed by atoms with Gasteiger partial charge in [-0.25, -0.2) is 4.98 Å². The van der Waals surface area contributed by atoms with Gasteiger partial charge >= 0.3 is 0 Å². The molecule has 2 aromatic rings. The number of benzene rings is 1. The van der Waals surface area contributed by atoms with E-state index < -0.39 is 0 Å². The quantitative estimate of drug-likeness (QED) is 0.836. The normalized spacial score (nSPS) is 13.0. The van der Waals surface area contributed by atoms with E-state index in [-0.39, 0.29) is 0 Å². The predicted molar refractivity (Wildman–Crippen MR) is 72.4 cm³/mol. The Bertz CT molecular complexity index is 580. The molecule has 1 N–H and O–H groups in total. The average molecular weight is 262 g/mol. The molecule has 94 valence electrons. The monoisotopic (exact) mass is 262 g/mol. The third kappa shape index (κ3) is 1.95. The summed E-state index contributed by atoms with van der Waals surface area (Å²) in [4.78, 5) is 7.65. The number of nitrogens with one attached hydrogen (secondary N) is 1. The number of hydrogen-bond donors (Lipinski definition) is 2. The molecule has 0 unspecified atom stereocenters. The second-order valence-corrected chi connectivity index (χ2v) is 4.68. The van der Waals surface area contributed by atoms with Gasteiger partial charge in [-0.05, 0) is 30.4 Å². The van der Waals surface area contributed by atoms with Gasteiger partial charge in [-0.15, -0.1) is 0 Å². The summed E-state index contributed by atoms with van der Waals surface area (Å²) in [5.41, 5.74) is 3.24. The van der Waals surface area contributed by atoms with Crippen molar-refractivity contribution in [3.63, 3.8) is 0 Å².